The van der Waals surface area contributed by atoms with Gasteiger partial charge in [0, 0.05) is 32.1 Å². The van der Waals surface area contributed by atoms with Gasteiger partial charge in [-0.2, -0.15) is 0 Å². The van der Waals surface area contributed by atoms with Crippen molar-refractivity contribution < 1.29 is 19.1 Å². The Bertz CT molecular complexity index is 696. The van der Waals surface area contributed by atoms with Gasteiger partial charge in [-0.05, 0) is 37.0 Å². The summed E-state index contributed by atoms with van der Waals surface area (Å²) < 4.78 is 5.15. The van der Waals surface area contributed by atoms with Gasteiger partial charge in [-0.1, -0.05) is 12.1 Å². The van der Waals surface area contributed by atoms with Crippen molar-refractivity contribution in [2.75, 3.05) is 26.7 Å². The van der Waals surface area contributed by atoms with Crippen LogP contribution in [0.4, 0.5) is 0 Å². The number of carbonyl (C=O) groups excluding carboxylic acids is 3. The number of carbonyl (C=O) groups is 3. The number of likely N-dealkylation sites (tertiary alicyclic amines) is 1. The lowest BCUT2D eigenvalue weighted by molar-refractivity contribution is -0.130. The number of nitrogens with one attached hydrogen (secondary N) is 2. The van der Waals surface area contributed by atoms with E-state index in [0.717, 1.165) is 0 Å². The summed E-state index contributed by atoms with van der Waals surface area (Å²) >= 11 is 0. The van der Waals surface area contributed by atoms with E-state index in [1.165, 1.54) is 7.11 Å². The lowest BCUT2D eigenvalue weighted by Gasteiger charge is -2.35. The van der Waals surface area contributed by atoms with Crippen molar-refractivity contribution in [1.82, 2.24) is 15.5 Å². The molecule has 3 amide bonds. The molecule has 1 aromatic carbocycles. The standard InChI is InChI=1S/C20H27N3O4/c1-4-10-21-20(26)18(15-8-11-23(12-9-15)14(2)24)22-19(25)16-6-5-7-17(13-16)27-3/h4-7,13,15,18H,1,8-12H2,2-3H3,(H,21,26)(H,22,25)/t18-/m0/s1. The zero-order chi connectivity index (χ0) is 19.8. The molecule has 0 saturated carbocycles. The molecule has 2 N–H and O–H groups in total. The van der Waals surface area contributed by atoms with Gasteiger partial charge in [0.05, 0.1) is 7.11 Å². The van der Waals surface area contributed by atoms with E-state index < -0.39 is 6.04 Å². The van der Waals surface area contributed by atoms with Crippen LogP contribution in [0.1, 0.15) is 30.1 Å². The zero-order valence-corrected chi connectivity index (χ0v) is 15.9. The van der Waals surface area contributed by atoms with Crippen molar-refractivity contribution in [2.45, 2.75) is 25.8 Å². The van der Waals surface area contributed by atoms with Crippen LogP contribution >= 0.6 is 0 Å². The highest BCUT2D eigenvalue weighted by atomic mass is 16.5. The Kier molecular flexibility index (Phi) is 7.40. The summed E-state index contributed by atoms with van der Waals surface area (Å²) in [5.41, 5.74) is 0.428. The lowest BCUT2D eigenvalue weighted by atomic mass is 9.88. The fraction of sp³-hybridized carbons (Fsp3) is 0.450. The molecule has 27 heavy (non-hydrogen) atoms. The minimum atomic E-state index is -0.669. The summed E-state index contributed by atoms with van der Waals surface area (Å²) in [5, 5.41) is 5.63. The predicted octanol–water partition coefficient (Wildman–Crippen LogP) is 1.35. The largest absolute Gasteiger partial charge is 0.497 e. The van der Waals surface area contributed by atoms with Crippen LogP contribution in [0.15, 0.2) is 36.9 Å². The van der Waals surface area contributed by atoms with Gasteiger partial charge in [-0.3, -0.25) is 14.4 Å². The summed E-state index contributed by atoms with van der Waals surface area (Å²) in [6, 6.07) is 6.12. The van der Waals surface area contributed by atoms with Crippen molar-refractivity contribution in [3.63, 3.8) is 0 Å². The molecule has 0 bridgehead atoms. The molecule has 7 heteroatoms. The molecule has 0 radical (unpaired) electrons. The molecule has 1 heterocycles. The first-order valence-electron chi connectivity index (χ1n) is 9.05. The summed E-state index contributed by atoms with van der Waals surface area (Å²) in [6.45, 7) is 6.64. The Morgan fingerprint density at radius 3 is 2.63 bits per heavy atom. The maximum atomic E-state index is 12.7. The number of rotatable bonds is 7. The highest BCUT2D eigenvalue weighted by Crippen LogP contribution is 2.22. The Morgan fingerprint density at radius 1 is 1.33 bits per heavy atom. The van der Waals surface area contributed by atoms with E-state index >= 15 is 0 Å². The van der Waals surface area contributed by atoms with Crippen LogP contribution < -0.4 is 15.4 Å². The highest BCUT2D eigenvalue weighted by molar-refractivity contribution is 5.98. The van der Waals surface area contributed by atoms with Crippen molar-refractivity contribution in [1.29, 1.82) is 0 Å². The summed E-state index contributed by atoms with van der Waals surface area (Å²) in [7, 11) is 1.53. The van der Waals surface area contributed by atoms with Gasteiger partial charge in [0.1, 0.15) is 11.8 Å². The average molecular weight is 373 g/mol. The Hall–Kier alpha value is -2.83. The average Bonchev–Trinajstić information content (AvgIpc) is 2.70. The molecule has 1 saturated heterocycles. The minimum absolute atomic E-state index is 0.0292. The molecule has 7 nitrogen and oxygen atoms in total. The number of amides is 3. The first-order valence-corrected chi connectivity index (χ1v) is 9.05. The Labute approximate surface area is 159 Å². The topological polar surface area (TPSA) is 87.7 Å². The van der Waals surface area contributed by atoms with E-state index in [9.17, 15) is 14.4 Å². The van der Waals surface area contributed by atoms with E-state index in [-0.39, 0.29) is 23.6 Å². The van der Waals surface area contributed by atoms with Crippen LogP contribution in [0, 0.1) is 5.92 Å². The molecule has 1 atom stereocenters. The van der Waals surface area contributed by atoms with Gasteiger partial charge in [0.15, 0.2) is 0 Å². The van der Waals surface area contributed by atoms with Gasteiger partial charge < -0.3 is 20.3 Å². The van der Waals surface area contributed by atoms with Crippen molar-refractivity contribution in [2.24, 2.45) is 5.92 Å². The van der Waals surface area contributed by atoms with Crippen LogP contribution in [0.25, 0.3) is 0 Å². The summed E-state index contributed by atoms with van der Waals surface area (Å²) in [6.07, 6.45) is 2.91. The number of hydrogen-bond acceptors (Lipinski definition) is 4. The fourth-order valence-corrected chi connectivity index (χ4v) is 3.22. The Morgan fingerprint density at radius 2 is 2.04 bits per heavy atom. The second-order valence-electron chi connectivity index (χ2n) is 6.56. The molecule has 1 aromatic rings. The van der Waals surface area contributed by atoms with Crippen molar-refractivity contribution >= 4 is 17.7 Å². The normalized spacial score (nSPS) is 15.6. The third-order valence-corrected chi connectivity index (χ3v) is 4.78. The second-order valence-corrected chi connectivity index (χ2v) is 6.56. The number of piperidine rings is 1. The van der Waals surface area contributed by atoms with Crippen molar-refractivity contribution in [3.8, 4) is 5.75 Å². The van der Waals surface area contributed by atoms with Gasteiger partial charge >= 0.3 is 0 Å². The molecule has 1 fully saturated rings. The summed E-state index contributed by atoms with van der Waals surface area (Å²) in [4.78, 5) is 38.6. The molecule has 1 aliphatic heterocycles. The first-order chi connectivity index (χ1) is 13.0. The smallest absolute Gasteiger partial charge is 0.252 e. The molecule has 1 aliphatic rings. The molecular formula is C20H27N3O4. The van der Waals surface area contributed by atoms with Crippen LogP contribution in [0.3, 0.4) is 0 Å². The molecule has 0 aliphatic carbocycles. The number of methoxy groups -OCH3 is 1. The molecule has 0 aromatic heterocycles. The molecular weight excluding hydrogens is 346 g/mol. The van der Waals surface area contributed by atoms with Gasteiger partial charge in [-0.25, -0.2) is 0 Å². The van der Waals surface area contributed by atoms with E-state index in [4.69, 9.17) is 4.74 Å². The number of ether oxygens (including phenoxy) is 1. The predicted molar refractivity (Wildman–Crippen MR) is 102 cm³/mol. The lowest BCUT2D eigenvalue weighted by Crippen LogP contribution is -2.53. The van der Waals surface area contributed by atoms with Gasteiger partial charge in [0.25, 0.3) is 5.91 Å². The third-order valence-electron chi connectivity index (χ3n) is 4.78. The van der Waals surface area contributed by atoms with Crippen LogP contribution in [-0.4, -0.2) is 55.4 Å². The molecule has 2 rings (SSSR count). The van der Waals surface area contributed by atoms with Gasteiger partial charge in [0.2, 0.25) is 11.8 Å². The van der Waals surface area contributed by atoms with E-state index in [1.807, 2.05) is 0 Å². The van der Waals surface area contributed by atoms with E-state index in [1.54, 1.807) is 42.2 Å². The maximum Gasteiger partial charge on any atom is 0.252 e. The van der Waals surface area contributed by atoms with Crippen LogP contribution in [0.5, 0.6) is 5.75 Å². The minimum Gasteiger partial charge on any atom is -0.497 e. The quantitative estimate of drug-likeness (QED) is 0.707. The number of hydrogen-bond donors (Lipinski definition) is 2. The molecule has 146 valence electrons. The van der Waals surface area contributed by atoms with Crippen molar-refractivity contribution in [3.05, 3.63) is 42.5 Å². The SMILES string of the molecule is C=CCNC(=O)[C@@H](NC(=O)c1cccc(OC)c1)C1CCN(C(C)=O)CC1. The first kappa shape index (κ1) is 20.5. The molecule has 0 unspecified atom stereocenters. The summed E-state index contributed by atoms with van der Waals surface area (Å²) in [5.74, 6) is -0.0133. The van der Waals surface area contributed by atoms with Crippen LogP contribution in [-0.2, 0) is 9.59 Å². The zero-order valence-electron chi connectivity index (χ0n) is 15.9. The second kappa shape index (κ2) is 9.75. The number of nitrogens with zero attached hydrogens (tertiary/aromatic N) is 1. The van der Waals surface area contributed by atoms with Crippen LogP contribution in [0.2, 0.25) is 0 Å². The van der Waals surface area contributed by atoms with Gasteiger partial charge in [-0.15, -0.1) is 6.58 Å². The number of benzene rings is 1. The highest BCUT2D eigenvalue weighted by Gasteiger charge is 2.33. The fourth-order valence-electron chi connectivity index (χ4n) is 3.22. The Balaban J connectivity index is 2.12. The third kappa shape index (κ3) is 5.57. The van der Waals surface area contributed by atoms with E-state index in [0.29, 0.717) is 43.8 Å². The molecule has 0 spiro atoms. The maximum absolute atomic E-state index is 12.7. The van der Waals surface area contributed by atoms with E-state index in [2.05, 4.69) is 17.2 Å². The monoisotopic (exact) mass is 373 g/mol.